The van der Waals surface area contributed by atoms with Crippen molar-refractivity contribution in [3.8, 4) is 0 Å². The van der Waals surface area contributed by atoms with Gasteiger partial charge in [-0.1, -0.05) is 6.92 Å². The second-order valence-electron chi connectivity index (χ2n) is 5.06. The molecule has 2 unspecified atom stereocenters. The van der Waals surface area contributed by atoms with E-state index in [0.717, 1.165) is 26.1 Å². The van der Waals surface area contributed by atoms with E-state index in [1.807, 2.05) is 24.0 Å². The van der Waals surface area contributed by atoms with E-state index >= 15 is 0 Å². The van der Waals surface area contributed by atoms with Crippen LogP contribution in [-0.4, -0.2) is 47.4 Å². The Morgan fingerprint density at radius 1 is 1.56 bits per heavy atom. The summed E-state index contributed by atoms with van der Waals surface area (Å²) in [5.74, 6) is 0.330. The third-order valence-corrected chi connectivity index (χ3v) is 3.80. The summed E-state index contributed by atoms with van der Waals surface area (Å²) in [5, 5.41) is 4.16. The highest BCUT2D eigenvalue weighted by molar-refractivity contribution is 5.73. The average molecular weight is 251 g/mol. The summed E-state index contributed by atoms with van der Waals surface area (Å²) in [7, 11) is 3.42. The number of carbonyl (C=O) groups is 1. The molecule has 1 saturated heterocycles. The van der Waals surface area contributed by atoms with Crippen LogP contribution in [0.4, 0.5) is 0 Å². The lowest BCUT2D eigenvalue weighted by Crippen LogP contribution is -2.26. The van der Waals surface area contributed by atoms with Gasteiger partial charge in [-0.2, -0.15) is 5.10 Å². The zero-order valence-electron chi connectivity index (χ0n) is 11.3. The molecule has 2 rings (SSSR count). The van der Waals surface area contributed by atoms with Crippen LogP contribution in [0.2, 0.25) is 0 Å². The molecule has 0 amide bonds. The lowest BCUT2D eigenvalue weighted by molar-refractivity contribution is -0.146. The molecule has 0 aliphatic carbocycles. The van der Waals surface area contributed by atoms with Gasteiger partial charge in [0.1, 0.15) is 0 Å². The van der Waals surface area contributed by atoms with Crippen molar-refractivity contribution in [1.82, 2.24) is 14.7 Å². The Labute approximate surface area is 108 Å². The smallest absolute Gasteiger partial charge is 0.310 e. The zero-order chi connectivity index (χ0) is 13.1. The fourth-order valence-corrected chi connectivity index (χ4v) is 2.63. The largest absolute Gasteiger partial charge is 0.469 e. The van der Waals surface area contributed by atoms with Gasteiger partial charge in [-0.3, -0.25) is 9.48 Å². The molecule has 1 fully saturated rings. The number of ether oxygens (including phenoxy) is 1. The monoisotopic (exact) mass is 251 g/mol. The van der Waals surface area contributed by atoms with Gasteiger partial charge in [0.2, 0.25) is 0 Å². The van der Waals surface area contributed by atoms with Gasteiger partial charge in [-0.05, 0) is 12.0 Å². The molecule has 1 aromatic heterocycles. The number of esters is 1. The zero-order valence-corrected chi connectivity index (χ0v) is 11.3. The molecule has 5 nitrogen and oxygen atoms in total. The van der Waals surface area contributed by atoms with Crippen LogP contribution >= 0.6 is 0 Å². The van der Waals surface area contributed by atoms with E-state index in [1.165, 1.54) is 12.8 Å². The number of hydrogen-bond donors (Lipinski definition) is 0. The van der Waals surface area contributed by atoms with Crippen LogP contribution in [-0.2, 0) is 23.0 Å². The number of carbonyl (C=O) groups excluding carboxylic acids is 1. The van der Waals surface area contributed by atoms with Crippen LogP contribution in [0.25, 0.3) is 0 Å². The molecular formula is C13H21N3O2. The molecule has 2 heterocycles. The molecule has 1 aromatic rings. The molecule has 0 N–H and O–H groups in total. The molecule has 100 valence electrons. The minimum absolute atomic E-state index is 0.0292. The summed E-state index contributed by atoms with van der Waals surface area (Å²) in [4.78, 5) is 13.9. The van der Waals surface area contributed by atoms with Crippen molar-refractivity contribution < 1.29 is 9.53 Å². The van der Waals surface area contributed by atoms with Crippen molar-refractivity contribution in [2.75, 3.05) is 26.7 Å². The Morgan fingerprint density at radius 2 is 2.33 bits per heavy atom. The van der Waals surface area contributed by atoms with E-state index in [9.17, 15) is 4.79 Å². The summed E-state index contributed by atoms with van der Waals surface area (Å²) < 4.78 is 6.74. The van der Waals surface area contributed by atoms with Crippen LogP contribution in [0.15, 0.2) is 12.3 Å². The van der Waals surface area contributed by atoms with Gasteiger partial charge in [-0.15, -0.1) is 0 Å². The SMILES string of the molecule is COC(=O)C1CN(CCc2ccnn2C)CC1C. The minimum atomic E-state index is -0.0782. The van der Waals surface area contributed by atoms with Crippen molar-refractivity contribution in [3.05, 3.63) is 18.0 Å². The van der Waals surface area contributed by atoms with Gasteiger partial charge in [0.15, 0.2) is 0 Å². The Morgan fingerprint density at radius 3 is 2.94 bits per heavy atom. The summed E-state index contributed by atoms with van der Waals surface area (Å²) in [5.41, 5.74) is 1.23. The molecular weight excluding hydrogens is 230 g/mol. The van der Waals surface area contributed by atoms with E-state index in [2.05, 4.69) is 16.9 Å². The van der Waals surface area contributed by atoms with Crippen LogP contribution in [0.1, 0.15) is 12.6 Å². The highest BCUT2D eigenvalue weighted by Crippen LogP contribution is 2.24. The van der Waals surface area contributed by atoms with Crippen molar-refractivity contribution in [3.63, 3.8) is 0 Å². The second kappa shape index (κ2) is 5.52. The molecule has 0 bridgehead atoms. The van der Waals surface area contributed by atoms with E-state index in [1.54, 1.807) is 0 Å². The first kappa shape index (κ1) is 13.1. The van der Waals surface area contributed by atoms with Gasteiger partial charge in [0.25, 0.3) is 0 Å². The van der Waals surface area contributed by atoms with E-state index in [0.29, 0.717) is 5.92 Å². The Hall–Kier alpha value is -1.36. The van der Waals surface area contributed by atoms with Crippen LogP contribution in [0.3, 0.4) is 0 Å². The average Bonchev–Trinajstić information content (AvgIpc) is 2.92. The Kier molecular flexibility index (Phi) is 4.01. The number of nitrogens with zero attached hydrogens (tertiary/aromatic N) is 3. The van der Waals surface area contributed by atoms with Gasteiger partial charge in [0.05, 0.1) is 13.0 Å². The van der Waals surface area contributed by atoms with Crippen LogP contribution in [0, 0.1) is 11.8 Å². The normalized spacial score (nSPS) is 24.4. The fraction of sp³-hybridized carbons (Fsp3) is 0.692. The second-order valence-corrected chi connectivity index (χ2v) is 5.06. The van der Waals surface area contributed by atoms with Gasteiger partial charge >= 0.3 is 5.97 Å². The molecule has 0 spiro atoms. The number of aromatic nitrogens is 2. The lowest BCUT2D eigenvalue weighted by Gasteiger charge is -2.15. The van der Waals surface area contributed by atoms with Crippen molar-refractivity contribution in [1.29, 1.82) is 0 Å². The van der Waals surface area contributed by atoms with Gasteiger partial charge in [-0.25, -0.2) is 0 Å². The Bertz CT molecular complexity index is 416. The lowest BCUT2D eigenvalue weighted by atomic mass is 9.99. The summed E-state index contributed by atoms with van der Waals surface area (Å²) >= 11 is 0. The van der Waals surface area contributed by atoms with E-state index in [4.69, 9.17) is 4.74 Å². The summed E-state index contributed by atoms with van der Waals surface area (Å²) in [6.45, 7) is 4.87. The molecule has 1 aliphatic heterocycles. The van der Waals surface area contributed by atoms with Crippen molar-refractivity contribution >= 4 is 5.97 Å². The molecule has 2 atom stereocenters. The third-order valence-electron chi connectivity index (χ3n) is 3.80. The first-order chi connectivity index (χ1) is 8.61. The molecule has 0 saturated carbocycles. The number of likely N-dealkylation sites (tertiary alicyclic amines) is 1. The molecule has 18 heavy (non-hydrogen) atoms. The molecule has 5 heteroatoms. The molecule has 0 radical (unpaired) electrons. The maximum absolute atomic E-state index is 11.6. The van der Waals surface area contributed by atoms with Crippen LogP contribution in [0.5, 0.6) is 0 Å². The highest BCUT2D eigenvalue weighted by Gasteiger charge is 2.35. The summed E-state index contributed by atoms with van der Waals surface area (Å²) in [6, 6.07) is 2.04. The summed E-state index contributed by atoms with van der Waals surface area (Å²) in [6.07, 6.45) is 2.79. The first-order valence-electron chi connectivity index (χ1n) is 6.39. The number of methoxy groups -OCH3 is 1. The van der Waals surface area contributed by atoms with Crippen LogP contribution < -0.4 is 0 Å². The Balaban J connectivity index is 1.86. The standard InChI is InChI=1S/C13H21N3O2/c1-10-8-16(9-12(10)13(17)18-3)7-5-11-4-6-14-15(11)2/h4,6,10,12H,5,7-9H2,1-3H3. The fourth-order valence-electron chi connectivity index (χ4n) is 2.63. The maximum atomic E-state index is 11.6. The van der Waals surface area contributed by atoms with Crippen molar-refractivity contribution in [2.45, 2.75) is 13.3 Å². The van der Waals surface area contributed by atoms with Gasteiger partial charge < -0.3 is 9.64 Å². The maximum Gasteiger partial charge on any atom is 0.310 e. The molecule has 1 aliphatic rings. The minimum Gasteiger partial charge on any atom is -0.469 e. The quantitative estimate of drug-likeness (QED) is 0.739. The first-order valence-corrected chi connectivity index (χ1v) is 6.39. The van der Waals surface area contributed by atoms with E-state index < -0.39 is 0 Å². The number of rotatable bonds is 4. The highest BCUT2D eigenvalue weighted by atomic mass is 16.5. The molecule has 0 aromatic carbocycles. The van der Waals surface area contributed by atoms with E-state index in [-0.39, 0.29) is 11.9 Å². The number of hydrogen-bond acceptors (Lipinski definition) is 4. The third kappa shape index (κ3) is 2.72. The number of aryl methyl sites for hydroxylation is 1. The topological polar surface area (TPSA) is 47.4 Å². The predicted molar refractivity (Wildman–Crippen MR) is 68.0 cm³/mol. The predicted octanol–water partition coefficient (Wildman–Crippen LogP) is 0.703. The van der Waals surface area contributed by atoms with Gasteiger partial charge in [0, 0.05) is 45.0 Å². The van der Waals surface area contributed by atoms with Crippen molar-refractivity contribution in [2.24, 2.45) is 18.9 Å².